The molecule has 3 rings (SSSR count). The normalized spacial score (nSPS) is 15.0. The summed E-state index contributed by atoms with van der Waals surface area (Å²) in [5.74, 6) is 1.38. The number of ether oxygens (including phenoxy) is 1. The summed E-state index contributed by atoms with van der Waals surface area (Å²) in [7, 11) is 1.65. The SMILES string of the molecule is COc1ccccc1CCNC(=O)c1cc(NC2CCCCCC2)ncn1. The number of rotatable bonds is 7. The van der Waals surface area contributed by atoms with Crippen molar-refractivity contribution in [3.8, 4) is 5.75 Å². The second kappa shape index (κ2) is 9.90. The number of hydrogen-bond donors (Lipinski definition) is 2. The fraction of sp³-hybridized carbons (Fsp3) is 0.476. The summed E-state index contributed by atoms with van der Waals surface area (Å²) < 4.78 is 5.34. The van der Waals surface area contributed by atoms with E-state index < -0.39 is 0 Å². The Morgan fingerprint density at radius 2 is 1.93 bits per heavy atom. The number of benzene rings is 1. The van der Waals surface area contributed by atoms with Crippen LogP contribution in [0, 0.1) is 0 Å². The predicted octanol–water partition coefficient (Wildman–Crippen LogP) is 3.59. The van der Waals surface area contributed by atoms with Crippen molar-refractivity contribution in [2.45, 2.75) is 51.0 Å². The van der Waals surface area contributed by atoms with E-state index in [1.165, 1.54) is 32.0 Å². The highest BCUT2D eigenvalue weighted by atomic mass is 16.5. The van der Waals surface area contributed by atoms with Crippen molar-refractivity contribution in [2.75, 3.05) is 19.0 Å². The zero-order chi connectivity index (χ0) is 18.9. The van der Waals surface area contributed by atoms with Crippen LogP contribution in [0.5, 0.6) is 5.75 Å². The monoisotopic (exact) mass is 368 g/mol. The van der Waals surface area contributed by atoms with Crippen molar-refractivity contribution in [3.05, 3.63) is 47.9 Å². The van der Waals surface area contributed by atoms with Gasteiger partial charge in [0.05, 0.1) is 7.11 Å². The van der Waals surface area contributed by atoms with Crippen LogP contribution in [0.1, 0.15) is 54.6 Å². The standard InChI is InChI=1S/C21H28N4O2/c1-27-19-11-7-6-8-16(19)12-13-22-21(26)18-14-20(24-15-23-18)25-17-9-4-2-3-5-10-17/h6-8,11,14-15,17H,2-5,9-10,12-13H2,1H3,(H,22,26)(H,23,24,25). The fourth-order valence-electron chi connectivity index (χ4n) is 3.50. The van der Waals surface area contributed by atoms with Gasteiger partial charge >= 0.3 is 0 Å². The first kappa shape index (κ1) is 19.1. The third kappa shape index (κ3) is 5.67. The number of carbonyl (C=O) groups excluding carboxylic acids is 1. The molecule has 1 heterocycles. The average molecular weight is 368 g/mol. The Kier molecular flexibility index (Phi) is 7.02. The second-order valence-electron chi connectivity index (χ2n) is 6.94. The summed E-state index contributed by atoms with van der Waals surface area (Å²) in [5.41, 5.74) is 1.46. The highest BCUT2D eigenvalue weighted by molar-refractivity contribution is 5.92. The highest BCUT2D eigenvalue weighted by Gasteiger charge is 2.14. The van der Waals surface area contributed by atoms with E-state index in [9.17, 15) is 4.79 Å². The van der Waals surface area contributed by atoms with Crippen LogP contribution in [0.4, 0.5) is 5.82 Å². The van der Waals surface area contributed by atoms with Gasteiger partial charge in [0.25, 0.3) is 5.91 Å². The summed E-state index contributed by atoms with van der Waals surface area (Å²) in [4.78, 5) is 20.8. The first-order valence-corrected chi connectivity index (χ1v) is 9.75. The van der Waals surface area contributed by atoms with Crippen LogP contribution in [0.3, 0.4) is 0 Å². The summed E-state index contributed by atoms with van der Waals surface area (Å²) in [6.07, 6.45) is 9.58. The lowest BCUT2D eigenvalue weighted by molar-refractivity contribution is 0.0949. The Morgan fingerprint density at radius 3 is 2.70 bits per heavy atom. The molecular formula is C21H28N4O2. The van der Waals surface area contributed by atoms with Gasteiger partial charge < -0.3 is 15.4 Å². The van der Waals surface area contributed by atoms with E-state index in [1.54, 1.807) is 13.2 Å². The molecule has 27 heavy (non-hydrogen) atoms. The van der Waals surface area contributed by atoms with Gasteiger partial charge in [-0.15, -0.1) is 0 Å². The number of carbonyl (C=O) groups is 1. The van der Waals surface area contributed by atoms with Crippen LogP contribution in [0.15, 0.2) is 36.7 Å². The number of aromatic nitrogens is 2. The third-order valence-corrected chi connectivity index (χ3v) is 4.98. The molecule has 0 atom stereocenters. The van der Waals surface area contributed by atoms with Gasteiger partial charge in [-0.3, -0.25) is 4.79 Å². The third-order valence-electron chi connectivity index (χ3n) is 4.98. The van der Waals surface area contributed by atoms with Gasteiger partial charge in [-0.1, -0.05) is 43.9 Å². The summed E-state index contributed by atoms with van der Waals surface area (Å²) in [6.45, 7) is 0.522. The lowest BCUT2D eigenvalue weighted by Gasteiger charge is -2.17. The molecule has 6 nitrogen and oxygen atoms in total. The van der Waals surface area contributed by atoms with Crippen LogP contribution in [-0.2, 0) is 6.42 Å². The van der Waals surface area contributed by atoms with Crippen LogP contribution >= 0.6 is 0 Å². The number of methoxy groups -OCH3 is 1. The van der Waals surface area contributed by atoms with Gasteiger partial charge in [0.15, 0.2) is 0 Å². The Morgan fingerprint density at radius 1 is 1.15 bits per heavy atom. The number of nitrogens with zero attached hydrogens (tertiary/aromatic N) is 2. The quantitative estimate of drug-likeness (QED) is 0.731. The van der Waals surface area contributed by atoms with E-state index in [1.807, 2.05) is 24.3 Å². The van der Waals surface area contributed by atoms with Crippen LogP contribution in [-0.4, -0.2) is 35.6 Å². The van der Waals surface area contributed by atoms with E-state index in [-0.39, 0.29) is 5.91 Å². The molecule has 0 radical (unpaired) electrons. The molecule has 1 fully saturated rings. The van der Waals surface area contributed by atoms with Gasteiger partial charge in [-0.05, 0) is 30.9 Å². The first-order chi connectivity index (χ1) is 13.3. The Bertz CT molecular complexity index is 742. The van der Waals surface area contributed by atoms with E-state index in [2.05, 4.69) is 20.6 Å². The van der Waals surface area contributed by atoms with E-state index in [0.29, 0.717) is 24.7 Å². The van der Waals surface area contributed by atoms with Gasteiger partial charge in [0, 0.05) is 18.7 Å². The zero-order valence-electron chi connectivity index (χ0n) is 15.9. The van der Waals surface area contributed by atoms with Crippen LogP contribution < -0.4 is 15.4 Å². The molecule has 1 aliphatic carbocycles. The van der Waals surface area contributed by atoms with Gasteiger partial charge in [0.1, 0.15) is 23.6 Å². The largest absolute Gasteiger partial charge is 0.496 e. The van der Waals surface area contributed by atoms with Crippen LogP contribution in [0.25, 0.3) is 0 Å². The van der Waals surface area contributed by atoms with Crippen LogP contribution in [0.2, 0.25) is 0 Å². The Labute approximate surface area is 160 Å². The number of anilines is 1. The lowest BCUT2D eigenvalue weighted by atomic mass is 10.1. The van der Waals surface area contributed by atoms with Crippen molar-refractivity contribution in [1.29, 1.82) is 0 Å². The second-order valence-corrected chi connectivity index (χ2v) is 6.94. The van der Waals surface area contributed by atoms with Gasteiger partial charge in [0.2, 0.25) is 0 Å². The van der Waals surface area contributed by atoms with Gasteiger partial charge in [-0.2, -0.15) is 0 Å². The van der Waals surface area contributed by atoms with Crippen molar-refractivity contribution in [2.24, 2.45) is 0 Å². The molecule has 0 saturated heterocycles. The average Bonchev–Trinajstić information content (AvgIpc) is 2.97. The minimum Gasteiger partial charge on any atom is -0.496 e. The fourth-order valence-corrected chi connectivity index (χ4v) is 3.50. The number of para-hydroxylation sites is 1. The number of hydrogen-bond acceptors (Lipinski definition) is 5. The number of amides is 1. The zero-order valence-corrected chi connectivity index (χ0v) is 15.9. The molecule has 0 bridgehead atoms. The number of nitrogens with one attached hydrogen (secondary N) is 2. The maximum absolute atomic E-state index is 12.4. The summed E-state index contributed by atoms with van der Waals surface area (Å²) >= 11 is 0. The molecule has 0 aliphatic heterocycles. The lowest BCUT2D eigenvalue weighted by Crippen LogP contribution is -2.27. The minimum absolute atomic E-state index is 0.184. The molecule has 1 saturated carbocycles. The maximum Gasteiger partial charge on any atom is 0.270 e. The van der Waals surface area contributed by atoms with E-state index >= 15 is 0 Å². The molecule has 144 valence electrons. The van der Waals surface area contributed by atoms with Crippen molar-refractivity contribution in [3.63, 3.8) is 0 Å². The maximum atomic E-state index is 12.4. The van der Waals surface area contributed by atoms with E-state index in [4.69, 9.17) is 4.74 Å². The summed E-state index contributed by atoms with van der Waals surface area (Å²) in [5, 5.41) is 6.39. The summed E-state index contributed by atoms with van der Waals surface area (Å²) in [6, 6.07) is 10.0. The molecule has 2 aromatic rings. The molecule has 6 heteroatoms. The topological polar surface area (TPSA) is 76.1 Å². The molecular weight excluding hydrogens is 340 g/mol. The molecule has 2 N–H and O–H groups in total. The smallest absolute Gasteiger partial charge is 0.270 e. The molecule has 1 aliphatic rings. The molecule has 1 aromatic heterocycles. The molecule has 0 spiro atoms. The minimum atomic E-state index is -0.184. The molecule has 0 unspecified atom stereocenters. The van der Waals surface area contributed by atoms with Gasteiger partial charge in [-0.25, -0.2) is 9.97 Å². The van der Waals surface area contributed by atoms with E-state index in [0.717, 1.165) is 30.0 Å². The molecule has 1 aromatic carbocycles. The predicted molar refractivity (Wildman–Crippen MR) is 106 cm³/mol. The van der Waals surface area contributed by atoms with Crippen molar-refractivity contribution < 1.29 is 9.53 Å². The Hall–Kier alpha value is -2.63. The van der Waals surface area contributed by atoms with Crippen molar-refractivity contribution in [1.82, 2.24) is 15.3 Å². The van der Waals surface area contributed by atoms with Crippen molar-refractivity contribution >= 4 is 11.7 Å². The Balaban J connectivity index is 1.53. The molecule has 1 amide bonds. The highest BCUT2D eigenvalue weighted by Crippen LogP contribution is 2.20. The first-order valence-electron chi connectivity index (χ1n) is 9.75.